The summed E-state index contributed by atoms with van der Waals surface area (Å²) < 4.78 is 24.2. The molecule has 0 saturated carbocycles. The number of rotatable bonds is 19. The quantitative estimate of drug-likeness (QED) is 0.174. The molecule has 0 aromatic heterocycles. The van der Waals surface area contributed by atoms with Gasteiger partial charge in [0.1, 0.15) is 0 Å². The summed E-state index contributed by atoms with van der Waals surface area (Å²) in [7, 11) is -2.85. The van der Waals surface area contributed by atoms with Gasteiger partial charge in [0.05, 0.1) is 19.4 Å². The van der Waals surface area contributed by atoms with Crippen LogP contribution >= 0.6 is 7.60 Å². The molecule has 1 unspecified atom stereocenters. The molecule has 0 bridgehead atoms. The van der Waals surface area contributed by atoms with Crippen molar-refractivity contribution in [3.63, 3.8) is 0 Å². The lowest BCUT2D eigenvalue weighted by Gasteiger charge is -2.18. The Balaban J connectivity index is 3.78. The molecule has 0 aromatic rings. The van der Waals surface area contributed by atoms with Crippen molar-refractivity contribution in [1.29, 1.82) is 0 Å². The SMILES string of the molecule is CCCCCCCCCCOP(=O)(CCCC)OCCCCCC. The Morgan fingerprint density at radius 3 is 1.38 bits per heavy atom. The summed E-state index contributed by atoms with van der Waals surface area (Å²) >= 11 is 0. The lowest BCUT2D eigenvalue weighted by atomic mass is 10.1. The van der Waals surface area contributed by atoms with Crippen molar-refractivity contribution in [3.8, 4) is 0 Å². The lowest BCUT2D eigenvalue weighted by Crippen LogP contribution is -2.03. The maximum absolute atomic E-state index is 12.8. The molecule has 4 heteroatoms. The average molecular weight is 363 g/mol. The molecular formula is C20H43O3P. The zero-order valence-electron chi connectivity index (χ0n) is 16.7. The fourth-order valence-electron chi connectivity index (χ4n) is 2.69. The first kappa shape index (κ1) is 24.1. The third kappa shape index (κ3) is 15.7. The van der Waals surface area contributed by atoms with E-state index in [9.17, 15) is 4.57 Å². The first-order chi connectivity index (χ1) is 11.7. The van der Waals surface area contributed by atoms with E-state index in [1.165, 1.54) is 57.8 Å². The minimum Gasteiger partial charge on any atom is -0.309 e. The lowest BCUT2D eigenvalue weighted by molar-refractivity contribution is 0.197. The number of hydrogen-bond acceptors (Lipinski definition) is 3. The molecule has 0 aliphatic heterocycles. The van der Waals surface area contributed by atoms with Gasteiger partial charge in [0.2, 0.25) is 0 Å². The van der Waals surface area contributed by atoms with Crippen LogP contribution in [-0.4, -0.2) is 19.4 Å². The summed E-state index contributed by atoms with van der Waals surface area (Å²) in [6, 6.07) is 0. The van der Waals surface area contributed by atoms with E-state index in [-0.39, 0.29) is 0 Å². The molecule has 0 heterocycles. The molecule has 0 amide bonds. The molecule has 3 nitrogen and oxygen atoms in total. The van der Waals surface area contributed by atoms with Gasteiger partial charge in [-0.3, -0.25) is 4.57 Å². The molecule has 0 N–H and O–H groups in total. The highest BCUT2D eigenvalue weighted by molar-refractivity contribution is 7.53. The summed E-state index contributed by atoms with van der Waals surface area (Å²) in [6.45, 7) is 7.73. The van der Waals surface area contributed by atoms with Crippen molar-refractivity contribution in [2.45, 2.75) is 111 Å². The predicted octanol–water partition coefficient (Wildman–Crippen LogP) is 7.73. The molecule has 1 atom stereocenters. The second-order valence-electron chi connectivity index (χ2n) is 6.89. The van der Waals surface area contributed by atoms with Crippen LogP contribution < -0.4 is 0 Å². The Hall–Kier alpha value is 0.150. The van der Waals surface area contributed by atoms with Crippen LogP contribution in [0.2, 0.25) is 0 Å². The van der Waals surface area contributed by atoms with Crippen LogP contribution in [0.3, 0.4) is 0 Å². The molecule has 0 aliphatic rings. The minimum absolute atomic E-state index is 0.578. The second-order valence-corrected chi connectivity index (χ2v) is 9.08. The number of hydrogen-bond donors (Lipinski definition) is 0. The smallest absolute Gasteiger partial charge is 0.309 e. The van der Waals surface area contributed by atoms with Gasteiger partial charge < -0.3 is 9.05 Å². The second kappa shape index (κ2) is 18.0. The molecular weight excluding hydrogens is 319 g/mol. The minimum atomic E-state index is -2.85. The number of unbranched alkanes of at least 4 members (excludes halogenated alkanes) is 11. The first-order valence-corrected chi connectivity index (χ1v) is 12.3. The van der Waals surface area contributed by atoms with Crippen LogP contribution in [0.15, 0.2) is 0 Å². The van der Waals surface area contributed by atoms with E-state index in [1.54, 1.807) is 0 Å². The van der Waals surface area contributed by atoms with Gasteiger partial charge in [0, 0.05) is 0 Å². The zero-order chi connectivity index (χ0) is 17.9. The Morgan fingerprint density at radius 1 is 0.542 bits per heavy atom. The first-order valence-electron chi connectivity index (χ1n) is 10.6. The van der Waals surface area contributed by atoms with E-state index in [0.717, 1.165) is 32.1 Å². The van der Waals surface area contributed by atoms with Gasteiger partial charge in [-0.1, -0.05) is 91.4 Å². The van der Waals surface area contributed by atoms with Crippen molar-refractivity contribution in [2.24, 2.45) is 0 Å². The van der Waals surface area contributed by atoms with Gasteiger partial charge in [0.15, 0.2) is 0 Å². The van der Waals surface area contributed by atoms with E-state index < -0.39 is 7.60 Å². The van der Waals surface area contributed by atoms with Crippen LogP contribution in [0.5, 0.6) is 0 Å². The third-order valence-corrected chi connectivity index (χ3v) is 6.37. The summed E-state index contributed by atoms with van der Waals surface area (Å²) in [5.74, 6) is 0. The topological polar surface area (TPSA) is 35.5 Å². The van der Waals surface area contributed by atoms with E-state index in [0.29, 0.717) is 19.4 Å². The highest BCUT2D eigenvalue weighted by Crippen LogP contribution is 2.49. The van der Waals surface area contributed by atoms with E-state index in [2.05, 4.69) is 20.8 Å². The highest BCUT2D eigenvalue weighted by atomic mass is 31.2. The Kier molecular flexibility index (Phi) is 18.1. The fraction of sp³-hybridized carbons (Fsp3) is 1.00. The van der Waals surface area contributed by atoms with Crippen molar-refractivity contribution in [1.82, 2.24) is 0 Å². The zero-order valence-corrected chi connectivity index (χ0v) is 17.6. The van der Waals surface area contributed by atoms with Crippen LogP contribution in [0.25, 0.3) is 0 Å². The van der Waals surface area contributed by atoms with Crippen molar-refractivity contribution >= 4 is 7.60 Å². The average Bonchev–Trinajstić information content (AvgIpc) is 2.58. The van der Waals surface area contributed by atoms with Gasteiger partial charge >= 0.3 is 7.60 Å². The molecule has 0 fully saturated rings. The van der Waals surface area contributed by atoms with Gasteiger partial charge in [-0.05, 0) is 19.3 Å². The van der Waals surface area contributed by atoms with Gasteiger partial charge in [0.25, 0.3) is 0 Å². The molecule has 0 saturated heterocycles. The van der Waals surface area contributed by atoms with Crippen molar-refractivity contribution in [3.05, 3.63) is 0 Å². The largest absolute Gasteiger partial charge is 0.330 e. The van der Waals surface area contributed by atoms with E-state index in [4.69, 9.17) is 9.05 Å². The molecule has 0 aliphatic carbocycles. The fourth-order valence-corrected chi connectivity index (χ4v) is 4.54. The van der Waals surface area contributed by atoms with E-state index in [1.807, 2.05) is 0 Å². The molecule has 0 radical (unpaired) electrons. The van der Waals surface area contributed by atoms with Crippen molar-refractivity contribution < 1.29 is 13.6 Å². The summed E-state index contributed by atoms with van der Waals surface area (Å²) in [6.07, 6.45) is 17.3. The third-order valence-electron chi connectivity index (χ3n) is 4.36. The Bertz CT molecular complexity index is 295. The maximum atomic E-state index is 12.8. The van der Waals surface area contributed by atoms with Crippen LogP contribution in [0, 0.1) is 0 Å². The maximum Gasteiger partial charge on any atom is 0.330 e. The Labute approximate surface area is 151 Å². The monoisotopic (exact) mass is 362 g/mol. The molecule has 0 aromatic carbocycles. The van der Waals surface area contributed by atoms with E-state index >= 15 is 0 Å². The standard InChI is InChI=1S/C20H43O3P/c1-4-7-10-12-13-14-15-17-19-23-24(21,20-9-6-3)22-18-16-11-8-5-2/h4-20H2,1-3H3. The normalized spacial score (nSPS) is 14.0. The van der Waals surface area contributed by atoms with Gasteiger partial charge in [-0.25, -0.2) is 0 Å². The molecule has 24 heavy (non-hydrogen) atoms. The predicted molar refractivity (Wildman–Crippen MR) is 106 cm³/mol. The summed E-state index contributed by atoms with van der Waals surface area (Å²) in [4.78, 5) is 0. The van der Waals surface area contributed by atoms with Gasteiger partial charge in [-0.2, -0.15) is 0 Å². The Morgan fingerprint density at radius 2 is 0.917 bits per heavy atom. The molecule has 0 rings (SSSR count). The van der Waals surface area contributed by atoms with Gasteiger partial charge in [-0.15, -0.1) is 0 Å². The van der Waals surface area contributed by atoms with Crippen LogP contribution in [0.4, 0.5) is 0 Å². The molecule has 146 valence electrons. The van der Waals surface area contributed by atoms with Crippen LogP contribution in [-0.2, 0) is 13.6 Å². The molecule has 0 spiro atoms. The summed E-state index contributed by atoms with van der Waals surface area (Å²) in [5.41, 5.74) is 0. The van der Waals surface area contributed by atoms with Crippen LogP contribution in [0.1, 0.15) is 111 Å². The summed E-state index contributed by atoms with van der Waals surface area (Å²) in [5, 5.41) is 0. The van der Waals surface area contributed by atoms with Crippen molar-refractivity contribution in [2.75, 3.05) is 19.4 Å². The highest BCUT2D eigenvalue weighted by Gasteiger charge is 2.23.